The van der Waals surface area contributed by atoms with Crippen LogP contribution in [0, 0.1) is 11.3 Å². The van der Waals surface area contributed by atoms with E-state index >= 15 is 0 Å². The summed E-state index contributed by atoms with van der Waals surface area (Å²) in [4.78, 5) is 4.29. The molecule has 0 N–H and O–H groups in total. The molecule has 1 saturated heterocycles. The van der Waals surface area contributed by atoms with Crippen molar-refractivity contribution < 1.29 is 4.52 Å². The monoisotopic (exact) mass is 255 g/mol. The Bertz CT molecular complexity index is 388. The largest absolute Gasteiger partial charge is 0.338 e. The molecule has 16 heavy (non-hydrogen) atoms. The van der Waals surface area contributed by atoms with Gasteiger partial charge < -0.3 is 4.52 Å². The smallest absolute Gasteiger partial charge is 0.240 e. The Kier molecular flexibility index (Phi) is 4.13. The van der Waals surface area contributed by atoms with Gasteiger partial charge in [0.05, 0.1) is 11.3 Å². The third kappa shape index (κ3) is 2.53. The van der Waals surface area contributed by atoms with Gasteiger partial charge in [-0.3, -0.25) is 0 Å². The van der Waals surface area contributed by atoms with Gasteiger partial charge in [-0.05, 0) is 6.42 Å². The molecular weight excluding hydrogens is 242 g/mol. The van der Waals surface area contributed by atoms with E-state index in [1.54, 1.807) is 0 Å². The van der Waals surface area contributed by atoms with Gasteiger partial charge in [-0.1, -0.05) is 12.1 Å². The first-order chi connectivity index (χ1) is 7.85. The van der Waals surface area contributed by atoms with E-state index in [0.717, 1.165) is 18.0 Å². The zero-order valence-electron chi connectivity index (χ0n) is 9.05. The van der Waals surface area contributed by atoms with E-state index in [1.807, 2.05) is 29.6 Å². The fraction of sp³-hybridized carbons (Fsp3) is 0.700. The first-order valence-corrected chi connectivity index (χ1v) is 7.37. The highest BCUT2D eigenvalue weighted by Gasteiger charge is 2.30. The zero-order valence-corrected chi connectivity index (χ0v) is 10.7. The molecule has 1 aliphatic heterocycles. The van der Waals surface area contributed by atoms with Crippen molar-refractivity contribution in [3.05, 3.63) is 11.7 Å². The summed E-state index contributed by atoms with van der Waals surface area (Å²) in [6, 6.07) is 2.02. The van der Waals surface area contributed by atoms with Crippen LogP contribution in [0.15, 0.2) is 4.52 Å². The van der Waals surface area contributed by atoms with Crippen molar-refractivity contribution in [3.8, 4) is 6.07 Å². The van der Waals surface area contributed by atoms with Gasteiger partial charge in [-0.2, -0.15) is 22.0 Å². The Balaban J connectivity index is 2.11. The molecule has 2 rings (SSSR count). The van der Waals surface area contributed by atoms with E-state index in [9.17, 15) is 0 Å². The summed E-state index contributed by atoms with van der Waals surface area (Å²) in [5.74, 6) is 3.52. The Morgan fingerprint density at radius 1 is 1.50 bits per heavy atom. The third-order valence-electron chi connectivity index (χ3n) is 2.42. The van der Waals surface area contributed by atoms with Gasteiger partial charge in [0.25, 0.3) is 0 Å². The molecule has 0 saturated carbocycles. The topological polar surface area (TPSA) is 62.7 Å². The van der Waals surface area contributed by atoms with Crippen LogP contribution in [0.2, 0.25) is 0 Å². The average Bonchev–Trinajstić information content (AvgIpc) is 2.78. The molecule has 1 aromatic rings. The Morgan fingerprint density at radius 2 is 2.31 bits per heavy atom. The SMILES string of the molecule is CCC1SCCSC1c1noc(CC#N)n1. The van der Waals surface area contributed by atoms with E-state index in [4.69, 9.17) is 9.78 Å². The number of hydrogen-bond donors (Lipinski definition) is 0. The minimum absolute atomic E-state index is 0.203. The maximum atomic E-state index is 8.55. The fourth-order valence-corrected chi connectivity index (χ4v) is 4.65. The van der Waals surface area contributed by atoms with Gasteiger partial charge in [-0.25, -0.2) is 0 Å². The molecule has 1 aliphatic rings. The van der Waals surface area contributed by atoms with Crippen LogP contribution in [-0.2, 0) is 6.42 Å². The van der Waals surface area contributed by atoms with E-state index in [2.05, 4.69) is 17.1 Å². The van der Waals surface area contributed by atoms with Crippen molar-refractivity contribution in [1.82, 2.24) is 10.1 Å². The first-order valence-electron chi connectivity index (χ1n) is 5.27. The van der Waals surface area contributed by atoms with E-state index in [-0.39, 0.29) is 6.42 Å². The molecule has 1 aromatic heterocycles. The van der Waals surface area contributed by atoms with Gasteiger partial charge in [0.1, 0.15) is 6.42 Å². The van der Waals surface area contributed by atoms with E-state index < -0.39 is 0 Å². The summed E-state index contributed by atoms with van der Waals surface area (Å²) in [6.07, 6.45) is 1.32. The van der Waals surface area contributed by atoms with Crippen molar-refractivity contribution in [2.45, 2.75) is 30.3 Å². The molecule has 0 bridgehead atoms. The second-order valence-electron chi connectivity index (χ2n) is 3.49. The molecule has 2 unspecified atom stereocenters. The number of nitriles is 1. The molecule has 86 valence electrons. The summed E-state index contributed by atoms with van der Waals surface area (Å²) < 4.78 is 5.04. The number of nitrogens with zero attached hydrogens (tertiary/aromatic N) is 3. The molecule has 1 fully saturated rings. The number of hydrogen-bond acceptors (Lipinski definition) is 6. The van der Waals surface area contributed by atoms with Crippen LogP contribution in [-0.4, -0.2) is 26.9 Å². The van der Waals surface area contributed by atoms with E-state index in [0.29, 0.717) is 16.4 Å². The standard InChI is InChI=1S/C10H13N3OS2/c1-2-7-9(16-6-5-15-7)10-12-8(3-4-11)14-13-10/h7,9H,2-3,5-6H2,1H3. The zero-order chi connectivity index (χ0) is 11.4. The summed E-state index contributed by atoms with van der Waals surface area (Å²) in [5.41, 5.74) is 0. The van der Waals surface area contributed by atoms with Crippen molar-refractivity contribution in [1.29, 1.82) is 5.26 Å². The quantitative estimate of drug-likeness (QED) is 0.826. The first kappa shape index (κ1) is 11.8. The fourth-order valence-electron chi connectivity index (χ4n) is 1.67. The van der Waals surface area contributed by atoms with Crippen LogP contribution in [0.3, 0.4) is 0 Å². The Labute approximate surface area is 103 Å². The highest BCUT2D eigenvalue weighted by molar-refractivity contribution is 8.06. The molecule has 0 amide bonds. The predicted octanol–water partition coefficient (Wildman–Crippen LogP) is 2.44. The average molecular weight is 255 g/mol. The molecule has 6 heteroatoms. The molecular formula is C10H13N3OS2. The maximum Gasteiger partial charge on any atom is 0.240 e. The number of thioether (sulfide) groups is 2. The second-order valence-corrected chi connectivity index (χ2v) is 6.09. The molecule has 0 aliphatic carbocycles. The minimum atomic E-state index is 0.203. The molecule has 4 nitrogen and oxygen atoms in total. The lowest BCUT2D eigenvalue weighted by Crippen LogP contribution is -2.19. The summed E-state index contributed by atoms with van der Waals surface area (Å²) >= 11 is 3.87. The Morgan fingerprint density at radius 3 is 3.06 bits per heavy atom. The highest BCUT2D eigenvalue weighted by atomic mass is 32.2. The van der Waals surface area contributed by atoms with Crippen molar-refractivity contribution in [2.24, 2.45) is 0 Å². The van der Waals surface area contributed by atoms with Crippen LogP contribution in [0.25, 0.3) is 0 Å². The second kappa shape index (κ2) is 5.60. The van der Waals surface area contributed by atoms with Gasteiger partial charge in [0, 0.05) is 16.8 Å². The molecule has 0 spiro atoms. The minimum Gasteiger partial charge on any atom is -0.338 e. The number of rotatable bonds is 3. The summed E-state index contributed by atoms with van der Waals surface area (Å²) in [5, 5.41) is 13.4. The lowest BCUT2D eigenvalue weighted by Gasteiger charge is -2.27. The normalized spacial score (nSPS) is 25.2. The highest BCUT2D eigenvalue weighted by Crippen LogP contribution is 2.42. The molecule has 0 aromatic carbocycles. The molecule has 0 radical (unpaired) electrons. The summed E-state index contributed by atoms with van der Waals surface area (Å²) in [6.45, 7) is 2.19. The van der Waals surface area contributed by atoms with Crippen molar-refractivity contribution in [2.75, 3.05) is 11.5 Å². The van der Waals surface area contributed by atoms with Crippen molar-refractivity contribution >= 4 is 23.5 Å². The lowest BCUT2D eigenvalue weighted by molar-refractivity contribution is 0.380. The van der Waals surface area contributed by atoms with Crippen molar-refractivity contribution in [3.63, 3.8) is 0 Å². The maximum absolute atomic E-state index is 8.55. The summed E-state index contributed by atoms with van der Waals surface area (Å²) in [7, 11) is 0. The van der Waals surface area contributed by atoms with E-state index in [1.165, 1.54) is 5.75 Å². The van der Waals surface area contributed by atoms with Gasteiger partial charge in [-0.15, -0.1) is 11.8 Å². The Hall–Kier alpha value is -0.670. The third-order valence-corrected chi connectivity index (χ3v) is 5.66. The molecule has 2 atom stereocenters. The van der Waals surface area contributed by atoms with Crippen LogP contribution in [0.5, 0.6) is 0 Å². The van der Waals surface area contributed by atoms with Gasteiger partial charge in [0.15, 0.2) is 5.82 Å². The van der Waals surface area contributed by atoms with Crippen LogP contribution >= 0.6 is 23.5 Å². The van der Waals surface area contributed by atoms with Crippen LogP contribution < -0.4 is 0 Å². The van der Waals surface area contributed by atoms with Gasteiger partial charge in [0.2, 0.25) is 5.89 Å². The number of aromatic nitrogens is 2. The molecule has 2 heterocycles. The van der Waals surface area contributed by atoms with Crippen LogP contribution in [0.1, 0.15) is 30.3 Å². The van der Waals surface area contributed by atoms with Crippen LogP contribution in [0.4, 0.5) is 0 Å². The lowest BCUT2D eigenvalue weighted by atomic mass is 10.2. The van der Waals surface area contributed by atoms with Gasteiger partial charge >= 0.3 is 0 Å². The predicted molar refractivity (Wildman–Crippen MR) is 65.4 cm³/mol.